The second kappa shape index (κ2) is 4.09. The van der Waals surface area contributed by atoms with Crippen LogP contribution in [0.3, 0.4) is 0 Å². The standard InChI is InChI=1S/C8H8ClNO3/c1-5-6(4-9)10-7(13-5)2-3-8(11)12/h2-3H,4H2,1H3,(H,11,12)/b3-2+. The number of hydrogen-bond donors (Lipinski definition) is 1. The molecule has 1 heterocycles. The third-order valence-electron chi connectivity index (χ3n) is 1.40. The summed E-state index contributed by atoms with van der Waals surface area (Å²) < 4.78 is 5.11. The predicted molar refractivity (Wildman–Crippen MR) is 47.5 cm³/mol. The van der Waals surface area contributed by atoms with Gasteiger partial charge in [-0.2, -0.15) is 0 Å². The lowest BCUT2D eigenvalue weighted by Crippen LogP contribution is -1.85. The molecule has 0 fully saturated rings. The van der Waals surface area contributed by atoms with Gasteiger partial charge < -0.3 is 9.52 Å². The van der Waals surface area contributed by atoms with Crippen LogP contribution in [0, 0.1) is 6.92 Å². The molecule has 0 aliphatic rings. The molecule has 0 bridgehead atoms. The first-order valence-electron chi connectivity index (χ1n) is 3.56. The van der Waals surface area contributed by atoms with Crippen molar-refractivity contribution in [3.8, 4) is 0 Å². The fourth-order valence-corrected chi connectivity index (χ4v) is 1.04. The van der Waals surface area contributed by atoms with Gasteiger partial charge in [0, 0.05) is 12.2 Å². The topological polar surface area (TPSA) is 63.3 Å². The maximum Gasteiger partial charge on any atom is 0.328 e. The Kier molecular flexibility index (Phi) is 3.08. The largest absolute Gasteiger partial charge is 0.478 e. The molecule has 0 atom stereocenters. The molecule has 1 N–H and O–H groups in total. The number of aromatic nitrogens is 1. The average Bonchev–Trinajstić information content (AvgIpc) is 2.43. The number of halogens is 1. The van der Waals surface area contributed by atoms with Crippen LogP contribution >= 0.6 is 11.6 Å². The second-order valence-corrected chi connectivity index (χ2v) is 2.63. The first-order chi connectivity index (χ1) is 6.13. The predicted octanol–water partition coefficient (Wildman–Crippen LogP) is 1.82. The lowest BCUT2D eigenvalue weighted by Gasteiger charge is -1.82. The lowest BCUT2D eigenvalue weighted by atomic mass is 10.4. The normalized spacial score (nSPS) is 10.9. The maximum absolute atomic E-state index is 10.2. The SMILES string of the molecule is Cc1oc(/C=C/C(=O)O)nc1CCl. The summed E-state index contributed by atoms with van der Waals surface area (Å²) >= 11 is 5.55. The quantitative estimate of drug-likeness (QED) is 0.599. The molecule has 0 aromatic carbocycles. The molecule has 0 spiro atoms. The number of aryl methyl sites for hydroxylation is 1. The molecule has 0 saturated heterocycles. The Labute approximate surface area is 79.8 Å². The van der Waals surface area contributed by atoms with Crippen LogP contribution in [0.5, 0.6) is 0 Å². The highest BCUT2D eigenvalue weighted by atomic mass is 35.5. The summed E-state index contributed by atoms with van der Waals surface area (Å²) in [7, 11) is 0. The third kappa shape index (κ3) is 2.59. The number of rotatable bonds is 3. The smallest absolute Gasteiger partial charge is 0.328 e. The van der Waals surface area contributed by atoms with Crippen molar-refractivity contribution in [1.29, 1.82) is 0 Å². The molecule has 13 heavy (non-hydrogen) atoms. The Morgan fingerprint density at radius 2 is 2.46 bits per heavy atom. The molecule has 5 heteroatoms. The summed E-state index contributed by atoms with van der Waals surface area (Å²) in [5.41, 5.74) is 0.631. The zero-order valence-corrected chi connectivity index (χ0v) is 7.71. The van der Waals surface area contributed by atoms with Crippen molar-refractivity contribution < 1.29 is 14.3 Å². The van der Waals surface area contributed by atoms with Crippen molar-refractivity contribution in [1.82, 2.24) is 4.98 Å². The van der Waals surface area contributed by atoms with Gasteiger partial charge in [0.15, 0.2) is 0 Å². The molecule has 1 rings (SSSR count). The molecule has 4 nitrogen and oxygen atoms in total. The molecule has 1 aromatic heterocycles. The molecular formula is C8H8ClNO3. The maximum atomic E-state index is 10.2. The Hall–Kier alpha value is -1.29. The van der Waals surface area contributed by atoms with E-state index in [1.807, 2.05) is 0 Å². The van der Waals surface area contributed by atoms with E-state index in [1.165, 1.54) is 6.08 Å². The van der Waals surface area contributed by atoms with Crippen LogP contribution in [0.2, 0.25) is 0 Å². The zero-order valence-electron chi connectivity index (χ0n) is 6.95. The number of aliphatic carboxylic acids is 1. The number of nitrogens with zero attached hydrogens (tertiary/aromatic N) is 1. The van der Waals surface area contributed by atoms with Crippen LogP contribution in [0.25, 0.3) is 6.08 Å². The van der Waals surface area contributed by atoms with Gasteiger partial charge in [0.25, 0.3) is 0 Å². The van der Waals surface area contributed by atoms with Crippen molar-refractivity contribution in [3.05, 3.63) is 23.4 Å². The van der Waals surface area contributed by atoms with E-state index in [0.717, 1.165) is 6.08 Å². The number of oxazole rings is 1. The van der Waals surface area contributed by atoms with Crippen molar-refractivity contribution in [2.24, 2.45) is 0 Å². The van der Waals surface area contributed by atoms with Crippen LogP contribution < -0.4 is 0 Å². The van der Waals surface area contributed by atoms with E-state index in [4.69, 9.17) is 21.1 Å². The van der Waals surface area contributed by atoms with Gasteiger partial charge >= 0.3 is 5.97 Å². The number of carboxylic acids is 1. The minimum atomic E-state index is -1.04. The molecule has 1 aromatic rings. The van der Waals surface area contributed by atoms with Gasteiger partial charge in [-0.1, -0.05) is 0 Å². The number of carboxylic acid groups (broad SMARTS) is 1. The highest BCUT2D eigenvalue weighted by Gasteiger charge is 2.05. The molecule has 0 amide bonds. The molecule has 0 unspecified atom stereocenters. The monoisotopic (exact) mass is 201 g/mol. The van der Waals surface area contributed by atoms with Crippen LogP contribution in [0.15, 0.2) is 10.5 Å². The molecular weight excluding hydrogens is 194 g/mol. The Morgan fingerprint density at radius 1 is 1.77 bits per heavy atom. The first-order valence-corrected chi connectivity index (χ1v) is 4.10. The molecule has 0 saturated carbocycles. The van der Waals surface area contributed by atoms with Crippen molar-refractivity contribution >= 4 is 23.6 Å². The molecule has 0 aliphatic carbocycles. The summed E-state index contributed by atoms with van der Waals surface area (Å²) in [5, 5.41) is 8.33. The van der Waals surface area contributed by atoms with Crippen LogP contribution in [-0.4, -0.2) is 16.1 Å². The van der Waals surface area contributed by atoms with Gasteiger partial charge in [-0.15, -0.1) is 11.6 Å². The fourth-order valence-electron chi connectivity index (χ4n) is 0.788. The fraction of sp³-hybridized carbons (Fsp3) is 0.250. The summed E-state index contributed by atoms with van der Waals surface area (Å²) in [6.07, 6.45) is 2.24. The van der Waals surface area contributed by atoms with E-state index in [1.54, 1.807) is 6.92 Å². The molecule has 0 aliphatic heterocycles. The van der Waals surface area contributed by atoms with Gasteiger partial charge in [0.2, 0.25) is 5.89 Å². The van der Waals surface area contributed by atoms with Gasteiger partial charge in [0.1, 0.15) is 5.76 Å². The average molecular weight is 202 g/mol. The van der Waals surface area contributed by atoms with Gasteiger partial charge in [-0.3, -0.25) is 0 Å². The minimum absolute atomic E-state index is 0.260. The van der Waals surface area contributed by atoms with Gasteiger partial charge in [-0.25, -0.2) is 9.78 Å². The summed E-state index contributed by atoms with van der Waals surface area (Å²) in [4.78, 5) is 14.1. The Bertz CT molecular complexity index is 343. The van der Waals surface area contributed by atoms with Crippen molar-refractivity contribution in [2.75, 3.05) is 0 Å². The number of alkyl halides is 1. The highest BCUT2D eigenvalue weighted by Crippen LogP contribution is 2.12. The van der Waals surface area contributed by atoms with Gasteiger partial charge in [0.05, 0.1) is 11.6 Å². The summed E-state index contributed by atoms with van der Waals surface area (Å²) in [5.74, 6) is 0.0924. The molecule has 0 radical (unpaired) electrons. The van der Waals surface area contributed by atoms with E-state index < -0.39 is 5.97 Å². The van der Waals surface area contributed by atoms with E-state index in [9.17, 15) is 4.79 Å². The van der Waals surface area contributed by atoms with Crippen LogP contribution in [-0.2, 0) is 10.7 Å². The van der Waals surface area contributed by atoms with Gasteiger partial charge in [-0.05, 0) is 6.92 Å². The summed E-state index contributed by atoms with van der Waals surface area (Å²) in [6, 6.07) is 0. The molecule has 70 valence electrons. The minimum Gasteiger partial charge on any atom is -0.478 e. The lowest BCUT2D eigenvalue weighted by molar-refractivity contribution is -0.131. The van der Waals surface area contributed by atoms with E-state index in [-0.39, 0.29) is 11.8 Å². The van der Waals surface area contributed by atoms with Crippen molar-refractivity contribution in [3.63, 3.8) is 0 Å². The number of hydrogen-bond acceptors (Lipinski definition) is 3. The third-order valence-corrected chi connectivity index (χ3v) is 1.66. The highest BCUT2D eigenvalue weighted by molar-refractivity contribution is 6.16. The van der Waals surface area contributed by atoms with E-state index >= 15 is 0 Å². The Morgan fingerprint density at radius 3 is 2.92 bits per heavy atom. The number of carbonyl (C=O) groups is 1. The zero-order chi connectivity index (χ0) is 9.84. The van der Waals surface area contributed by atoms with E-state index in [0.29, 0.717) is 11.5 Å². The van der Waals surface area contributed by atoms with E-state index in [2.05, 4.69) is 4.98 Å². The Balaban J connectivity index is 2.85. The summed E-state index contributed by atoms with van der Waals surface area (Å²) in [6.45, 7) is 1.73. The van der Waals surface area contributed by atoms with Crippen LogP contribution in [0.1, 0.15) is 17.3 Å². The second-order valence-electron chi connectivity index (χ2n) is 2.36. The van der Waals surface area contributed by atoms with Crippen molar-refractivity contribution in [2.45, 2.75) is 12.8 Å². The van der Waals surface area contributed by atoms with Crippen LogP contribution in [0.4, 0.5) is 0 Å². The first kappa shape index (κ1) is 9.80.